The molecule has 0 aliphatic heterocycles. The van der Waals surface area contributed by atoms with Crippen molar-refractivity contribution in [2.24, 2.45) is 0 Å². The number of nitrogens with zero attached hydrogens (tertiary/aromatic N) is 2. The molecule has 0 spiro atoms. The smallest absolute Gasteiger partial charge is 0.354 e. The topological polar surface area (TPSA) is 173 Å². The molecule has 0 fully saturated rings. The molecule has 3 aromatic rings. The molecule has 3 N–H and O–H groups in total. The van der Waals surface area contributed by atoms with Crippen molar-refractivity contribution < 1.29 is 28.9 Å². The Hall–Kier alpha value is -4.35. The van der Waals surface area contributed by atoms with E-state index in [1.54, 1.807) is 19.1 Å². The van der Waals surface area contributed by atoms with Gasteiger partial charge in [-0.15, -0.1) is 0 Å². The lowest BCUT2D eigenvalue weighted by Gasteiger charge is -2.03. The van der Waals surface area contributed by atoms with E-state index in [2.05, 4.69) is 9.72 Å². The highest BCUT2D eigenvalue weighted by Crippen LogP contribution is 2.31. The maximum Gasteiger partial charge on any atom is 0.354 e. The van der Waals surface area contributed by atoms with Crippen molar-refractivity contribution in [3.63, 3.8) is 0 Å². The van der Waals surface area contributed by atoms with Gasteiger partial charge in [-0.25, -0.2) is 4.79 Å². The van der Waals surface area contributed by atoms with Gasteiger partial charge in [0.25, 0.3) is 11.4 Å². The number of aromatic nitrogens is 1. The minimum Gasteiger partial charge on any atom is -0.494 e. The van der Waals surface area contributed by atoms with E-state index in [0.717, 1.165) is 0 Å². The van der Waals surface area contributed by atoms with Crippen LogP contribution < -0.4 is 15.2 Å². The molecular formula is C20H22N4O8. The number of rotatable bonds is 7. The molecule has 0 atom stereocenters. The Kier molecular flexibility index (Phi) is 7.93. The Labute approximate surface area is 182 Å². The van der Waals surface area contributed by atoms with Gasteiger partial charge in [0.05, 0.1) is 42.3 Å². The number of nitro benzene ring substituents is 2. The molecule has 0 radical (unpaired) electrons. The van der Waals surface area contributed by atoms with E-state index < -0.39 is 15.8 Å². The third-order valence-corrected chi connectivity index (χ3v) is 4.10. The lowest BCUT2D eigenvalue weighted by atomic mass is 10.2. The summed E-state index contributed by atoms with van der Waals surface area (Å²) in [6.45, 7) is 4.47. The molecule has 0 amide bonds. The second-order valence-corrected chi connectivity index (χ2v) is 6.18. The summed E-state index contributed by atoms with van der Waals surface area (Å²) in [5.41, 5.74) is 5.71. The molecule has 170 valence electrons. The van der Waals surface area contributed by atoms with Crippen LogP contribution in [0.5, 0.6) is 11.5 Å². The predicted molar refractivity (Wildman–Crippen MR) is 116 cm³/mol. The van der Waals surface area contributed by atoms with E-state index >= 15 is 0 Å². The number of carbonyl (C=O) groups is 1. The van der Waals surface area contributed by atoms with Gasteiger partial charge in [-0.05, 0) is 38.1 Å². The van der Waals surface area contributed by atoms with Crippen LogP contribution in [-0.2, 0) is 4.74 Å². The summed E-state index contributed by atoms with van der Waals surface area (Å²) in [6.07, 6.45) is 0. The third kappa shape index (κ3) is 5.62. The summed E-state index contributed by atoms with van der Waals surface area (Å²) in [5.74, 6) is 0.268. The van der Waals surface area contributed by atoms with Crippen LogP contribution >= 0.6 is 0 Å². The third-order valence-electron chi connectivity index (χ3n) is 4.10. The van der Waals surface area contributed by atoms with Crippen molar-refractivity contribution in [3.8, 4) is 11.5 Å². The van der Waals surface area contributed by atoms with Gasteiger partial charge >= 0.3 is 5.97 Å². The lowest BCUT2D eigenvalue weighted by molar-refractivity contribution is -0.384. The van der Waals surface area contributed by atoms with E-state index in [4.69, 9.17) is 15.2 Å². The molecule has 32 heavy (non-hydrogen) atoms. The van der Waals surface area contributed by atoms with Crippen LogP contribution in [0.25, 0.3) is 10.9 Å². The van der Waals surface area contributed by atoms with Gasteiger partial charge in [-0.1, -0.05) is 0 Å². The van der Waals surface area contributed by atoms with Crippen molar-refractivity contribution in [1.29, 1.82) is 0 Å². The second kappa shape index (κ2) is 10.6. The first kappa shape index (κ1) is 23.9. The van der Waals surface area contributed by atoms with E-state index in [9.17, 15) is 25.0 Å². The highest BCUT2D eigenvalue weighted by Gasteiger charge is 2.19. The zero-order valence-corrected chi connectivity index (χ0v) is 17.6. The molecule has 1 aromatic heterocycles. The van der Waals surface area contributed by atoms with Crippen LogP contribution in [0.3, 0.4) is 0 Å². The monoisotopic (exact) mass is 446 g/mol. The fraction of sp³-hybridized carbons (Fsp3) is 0.250. The highest BCUT2D eigenvalue weighted by atomic mass is 16.6. The molecule has 0 unspecified atom stereocenters. The zero-order valence-electron chi connectivity index (χ0n) is 17.6. The molecule has 1 heterocycles. The Balaban J connectivity index is 0.000000244. The average molecular weight is 446 g/mol. The number of carbonyl (C=O) groups excluding carboxylic acids is 1. The minimum absolute atomic E-state index is 0.119. The van der Waals surface area contributed by atoms with Crippen molar-refractivity contribution in [3.05, 3.63) is 62.3 Å². The number of H-pyrrole nitrogens is 1. The quantitative estimate of drug-likeness (QED) is 0.236. The Bertz CT molecular complexity index is 1140. The number of benzene rings is 2. The summed E-state index contributed by atoms with van der Waals surface area (Å²) in [4.78, 5) is 34.5. The predicted octanol–water partition coefficient (Wildman–Crippen LogP) is 3.84. The van der Waals surface area contributed by atoms with Crippen LogP contribution in [0.1, 0.15) is 24.3 Å². The maximum absolute atomic E-state index is 11.4. The van der Waals surface area contributed by atoms with Gasteiger partial charge in [0.1, 0.15) is 28.4 Å². The molecular weight excluding hydrogens is 424 g/mol. The van der Waals surface area contributed by atoms with Crippen LogP contribution in [0, 0.1) is 20.2 Å². The number of hydrogen-bond donors (Lipinski definition) is 2. The molecule has 12 heteroatoms. The number of nitrogens with one attached hydrogen (secondary N) is 1. The number of anilines is 1. The molecule has 3 rings (SSSR count). The standard InChI is InChI=1S/C12H12N2O5.C8H10N2O3/c1-3-19-8-4-7-5-9(12(15)18-2)13-11(7)10(6-8)14(16)17;1-2-13-6-3-4-7(9)8(5-6)10(11)12/h4-6,13H,3H2,1-2H3;3-5H,2,9H2,1H3. The number of fused-ring (bicyclic) bond motifs is 1. The van der Waals surface area contributed by atoms with Crippen molar-refractivity contribution in [2.75, 3.05) is 26.1 Å². The van der Waals surface area contributed by atoms with Crippen molar-refractivity contribution in [1.82, 2.24) is 4.98 Å². The molecule has 0 aliphatic carbocycles. The SMILES string of the molecule is CCOc1cc([N+](=O)[O-])c2[nH]c(C(=O)OC)cc2c1.CCOc1ccc(N)c([N+](=O)[O-])c1. The first-order chi connectivity index (χ1) is 15.2. The summed E-state index contributed by atoms with van der Waals surface area (Å²) in [7, 11) is 1.24. The Morgan fingerprint density at radius 3 is 2.12 bits per heavy atom. The number of ether oxygens (including phenoxy) is 3. The molecule has 0 aliphatic rings. The first-order valence-electron chi connectivity index (χ1n) is 9.40. The van der Waals surface area contributed by atoms with Gasteiger partial charge in [0, 0.05) is 5.39 Å². The van der Waals surface area contributed by atoms with Crippen LogP contribution in [0.4, 0.5) is 17.1 Å². The van der Waals surface area contributed by atoms with Crippen LogP contribution in [-0.4, -0.2) is 41.1 Å². The van der Waals surface area contributed by atoms with Gasteiger partial charge in [0.2, 0.25) is 0 Å². The average Bonchev–Trinajstić information content (AvgIpc) is 3.18. The summed E-state index contributed by atoms with van der Waals surface area (Å²) in [5, 5.41) is 22.0. The van der Waals surface area contributed by atoms with Gasteiger partial charge in [-0.3, -0.25) is 20.2 Å². The van der Waals surface area contributed by atoms with Gasteiger partial charge in [-0.2, -0.15) is 0 Å². The van der Waals surface area contributed by atoms with Crippen LogP contribution in [0.15, 0.2) is 36.4 Å². The number of esters is 1. The second-order valence-electron chi connectivity index (χ2n) is 6.18. The zero-order chi connectivity index (χ0) is 23.8. The summed E-state index contributed by atoms with van der Waals surface area (Å²) in [6, 6.07) is 8.84. The fourth-order valence-electron chi connectivity index (χ4n) is 2.75. The van der Waals surface area contributed by atoms with E-state index in [0.29, 0.717) is 30.1 Å². The number of hydrogen-bond acceptors (Lipinski definition) is 9. The van der Waals surface area contributed by atoms with Gasteiger partial charge in [0.15, 0.2) is 0 Å². The van der Waals surface area contributed by atoms with Crippen LogP contribution in [0.2, 0.25) is 0 Å². The minimum atomic E-state index is -0.580. The van der Waals surface area contributed by atoms with Crippen molar-refractivity contribution in [2.45, 2.75) is 13.8 Å². The number of methoxy groups -OCH3 is 1. The summed E-state index contributed by atoms with van der Waals surface area (Å²) < 4.78 is 14.9. The number of non-ortho nitro benzene ring substituents is 1. The molecule has 12 nitrogen and oxygen atoms in total. The Morgan fingerprint density at radius 2 is 1.56 bits per heavy atom. The van der Waals surface area contributed by atoms with E-state index in [-0.39, 0.29) is 28.3 Å². The molecule has 2 aromatic carbocycles. The van der Waals surface area contributed by atoms with Gasteiger partial charge < -0.3 is 24.9 Å². The number of nitrogen functional groups attached to an aromatic ring is 1. The maximum atomic E-state index is 11.4. The summed E-state index contributed by atoms with van der Waals surface area (Å²) >= 11 is 0. The largest absolute Gasteiger partial charge is 0.494 e. The first-order valence-corrected chi connectivity index (χ1v) is 9.40. The highest BCUT2D eigenvalue weighted by molar-refractivity contribution is 5.98. The molecule has 0 saturated heterocycles. The fourth-order valence-corrected chi connectivity index (χ4v) is 2.75. The normalized spacial score (nSPS) is 10.1. The van der Waals surface area contributed by atoms with E-state index in [1.165, 1.54) is 31.4 Å². The van der Waals surface area contributed by atoms with E-state index in [1.807, 2.05) is 6.92 Å². The molecule has 0 saturated carbocycles. The Morgan fingerprint density at radius 1 is 0.969 bits per heavy atom. The van der Waals surface area contributed by atoms with Crippen molar-refractivity contribution >= 4 is 33.9 Å². The number of aromatic amines is 1. The number of nitro groups is 2. The number of nitrogens with two attached hydrogens (primary N) is 1. The molecule has 0 bridgehead atoms. The lowest BCUT2D eigenvalue weighted by Crippen LogP contribution is -2.00.